The fourth-order valence-corrected chi connectivity index (χ4v) is 3.36. The Morgan fingerprint density at radius 1 is 0.857 bits per heavy atom. The average molecular weight is 596 g/mol. The number of thiocarbonyl (C=S) groups is 1. The zero-order chi connectivity index (χ0) is 20.5. The number of ether oxygens (including phenoxy) is 2. The van der Waals surface area contributed by atoms with Crippen molar-refractivity contribution in [1.29, 1.82) is 0 Å². The van der Waals surface area contributed by atoms with E-state index < -0.39 is 11.8 Å². The lowest BCUT2D eigenvalue weighted by Crippen LogP contribution is -2.50. The predicted molar refractivity (Wildman–Crippen MR) is 119 cm³/mol. The lowest BCUT2D eigenvalue weighted by Gasteiger charge is -2.12. The van der Waals surface area contributed by atoms with Crippen LogP contribution >= 0.6 is 60.0 Å². The molecule has 0 atom stereocenters. The molecule has 0 heterocycles. The Labute approximate surface area is 191 Å². The summed E-state index contributed by atoms with van der Waals surface area (Å²) in [5.41, 5.74) is 4.74. The van der Waals surface area contributed by atoms with Crippen molar-refractivity contribution >= 4 is 76.9 Å². The zero-order valence-corrected chi connectivity index (χ0v) is 19.7. The molecule has 0 radical (unpaired) electrons. The van der Waals surface area contributed by atoms with Gasteiger partial charge in [-0.1, -0.05) is 31.9 Å². The van der Waals surface area contributed by atoms with Crippen molar-refractivity contribution in [2.24, 2.45) is 0 Å². The molecule has 2 aromatic carbocycles. The molecule has 3 N–H and O–H groups in total. The molecule has 0 saturated carbocycles. The lowest BCUT2D eigenvalue weighted by molar-refractivity contribution is -0.124. The van der Waals surface area contributed by atoms with Crippen LogP contribution in [-0.2, 0) is 9.59 Å². The number of halogens is 3. The lowest BCUT2D eigenvalue weighted by atomic mass is 10.3. The first-order chi connectivity index (χ1) is 13.3. The summed E-state index contributed by atoms with van der Waals surface area (Å²) in [5.74, 6) is 0.114. The van der Waals surface area contributed by atoms with Crippen molar-refractivity contribution < 1.29 is 19.1 Å². The third kappa shape index (κ3) is 8.13. The quantitative estimate of drug-likeness (QED) is 0.350. The van der Waals surface area contributed by atoms with Gasteiger partial charge in [-0.2, -0.15) is 0 Å². The number of hydrogen-bond acceptors (Lipinski definition) is 5. The molecule has 2 rings (SSSR count). The van der Waals surface area contributed by atoms with Gasteiger partial charge in [0, 0.05) is 8.95 Å². The highest BCUT2D eigenvalue weighted by molar-refractivity contribution is 9.11. The van der Waals surface area contributed by atoms with E-state index in [1.54, 1.807) is 42.5 Å². The normalized spacial score (nSPS) is 9.96. The molecule has 0 fully saturated rings. The third-order valence-electron chi connectivity index (χ3n) is 3.00. The summed E-state index contributed by atoms with van der Waals surface area (Å²) in [7, 11) is 0. The van der Waals surface area contributed by atoms with E-state index in [9.17, 15) is 9.59 Å². The van der Waals surface area contributed by atoms with E-state index in [1.165, 1.54) is 0 Å². The third-order valence-corrected chi connectivity index (χ3v) is 4.85. The molecule has 0 aliphatic heterocycles. The SMILES string of the molecule is O=C(COc1ccc(Br)cc1)NNC(=S)NC(=O)COc1ccc(Br)cc1Br. The van der Waals surface area contributed by atoms with E-state index in [0.29, 0.717) is 16.0 Å². The highest BCUT2D eigenvalue weighted by atomic mass is 79.9. The minimum Gasteiger partial charge on any atom is -0.484 e. The van der Waals surface area contributed by atoms with E-state index in [4.69, 9.17) is 21.7 Å². The van der Waals surface area contributed by atoms with Crippen LogP contribution in [0.25, 0.3) is 0 Å². The van der Waals surface area contributed by atoms with Crippen molar-refractivity contribution in [3.63, 3.8) is 0 Å². The summed E-state index contributed by atoms with van der Waals surface area (Å²) in [6.45, 7) is -0.464. The van der Waals surface area contributed by atoms with Crippen LogP contribution in [0.2, 0.25) is 0 Å². The van der Waals surface area contributed by atoms with E-state index in [0.717, 1.165) is 8.95 Å². The van der Waals surface area contributed by atoms with Crippen LogP contribution in [0.5, 0.6) is 11.5 Å². The number of amides is 2. The molecule has 2 amide bonds. The van der Waals surface area contributed by atoms with Gasteiger partial charge in [0.2, 0.25) is 0 Å². The molecule has 11 heteroatoms. The second-order valence-electron chi connectivity index (χ2n) is 5.16. The molecular formula is C17H14Br3N3O4S. The first-order valence-electron chi connectivity index (χ1n) is 7.68. The standard InChI is InChI=1S/C17H14Br3N3O4S/c18-10-1-4-12(5-2-10)26-9-16(25)22-23-17(28)21-15(24)8-27-14-6-3-11(19)7-13(14)20/h1-7H,8-9H2,(H,22,25)(H2,21,23,24,28). The van der Waals surface area contributed by atoms with E-state index in [1.807, 2.05) is 0 Å². The molecule has 0 spiro atoms. The van der Waals surface area contributed by atoms with Gasteiger partial charge in [-0.05, 0) is 70.6 Å². The van der Waals surface area contributed by atoms with Gasteiger partial charge >= 0.3 is 0 Å². The van der Waals surface area contributed by atoms with Gasteiger partial charge in [0.15, 0.2) is 18.3 Å². The first kappa shape index (κ1) is 22.6. The van der Waals surface area contributed by atoms with Crippen LogP contribution in [0.15, 0.2) is 55.9 Å². The van der Waals surface area contributed by atoms with Gasteiger partial charge in [-0.15, -0.1) is 0 Å². The topological polar surface area (TPSA) is 88.7 Å². The number of benzene rings is 2. The molecule has 0 saturated heterocycles. The van der Waals surface area contributed by atoms with E-state index >= 15 is 0 Å². The first-order valence-corrected chi connectivity index (χ1v) is 10.5. The van der Waals surface area contributed by atoms with Crippen molar-refractivity contribution in [3.05, 3.63) is 55.9 Å². The minimum atomic E-state index is -0.479. The number of rotatable bonds is 6. The van der Waals surface area contributed by atoms with Gasteiger partial charge in [0.25, 0.3) is 11.8 Å². The van der Waals surface area contributed by atoms with E-state index in [-0.39, 0.29) is 18.3 Å². The second kappa shape index (κ2) is 11.3. The van der Waals surface area contributed by atoms with Crippen LogP contribution in [0.3, 0.4) is 0 Å². The number of carbonyl (C=O) groups excluding carboxylic acids is 2. The fourth-order valence-electron chi connectivity index (χ4n) is 1.77. The largest absolute Gasteiger partial charge is 0.484 e. The maximum atomic E-state index is 11.9. The number of carbonyl (C=O) groups is 2. The fraction of sp³-hybridized carbons (Fsp3) is 0.118. The Kier molecular flexibility index (Phi) is 9.16. The monoisotopic (exact) mass is 593 g/mol. The molecule has 7 nitrogen and oxygen atoms in total. The molecule has 0 aliphatic rings. The summed E-state index contributed by atoms with van der Waals surface area (Å²) < 4.78 is 13.2. The van der Waals surface area contributed by atoms with Gasteiger partial charge in [-0.3, -0.25) is 25.8 Å². The Morgan fingerprint density at radius 2 is 1.50 bits per heavy atom. The highest BCUT2D eigenvalue weighted by Crippen LogP contribution is 2.28. The number of hydrazine groups is 1. The van der Waals surface area contributed by atoms with Gasteiger partial charge in [0.05, 0.1) is 4.47 Å². The Morgan fingerprint density at radius 3 is 2.18 bits per heavy atom. The molecule has 0 aromatic heterocycles. The van der Waals surface area contributed by atoms with Crippen LogP contribution in [0.1, 0.15) is 0 Å². The number of nitrogens with one attached hydrogen (secondary N) is 3. The van der Waals surface area contributed by atoms with Gasteiger partial charge in [0.1, 0.15) is 11.5 Å². The molecule has 28 heavy (non-hydrogen) atoms. The molecule has 0 bridgehead atoms. The second-order valence-corrected chi connectivity index (χ2v) is 8.25. The summed E-state index contributed by atoms with van der Waals surface area (Å²) in [6, 6.07) is 12.3. The average Bonchev–Trinajstić information content (AvgIpc) is 2.65. The van der Waals surface area contributed by atoms with Gasteiger partial charge in [-0.25, -0.2) is 0 Å². The van der Waals surface area contributed by atoms with Crippen molar-refractivity contribution in [2.45, 2.75) is 0 Å². The molecule has 2 aromatic rings. The molecule has 0 unspecified atom stereocenters. The maximum Gasteiger partial charge on any atom is 0.276 e. The summed E-state index contributed by atoms with van der Waals surface area (Å²) in [4.78, 5) is 23.6. The molecule has 0 aliphatic carbocycles. The smallest absolute Gasteiger partial charge is 0.276 e. The van der Waals surface area contributed by atoms with Crippen LogP contribution in [0.4, 0.5) is 0 Å². The van der Waals surface area contributed by atoms with Crippen LogP contribution < -0.4 is 25.6 Å². The Hall–Kier alpha value is -1.69. The number of hydrogen-bond donors (Lipinski definition) is 3. The van der Waals surface area contributed by atoms with Crippen LogP contribution in [0, 0.1) is 0 Å². The minimum absolute atomic E-state index is 0.0690. The summed E-state index contributed by atoms with van der Waals surface area (Å²) >= 11 is 14.9. The van der Waals surface area contributed by atoms with Crippen molar-refractivity contribution in [2.75, 3.05) is 13.2 Å². The Bertz CT molecular complexity index is 865. The van der Waals surface area contributed by atoms with Crippen LogP contribution in [-0.4, -0.2) is 30.1 Å². The highest BCUT2D eigenvalue weighted by Gasteiger charge is 2.09. The van der Waals surface area contributed by atoms with Crippen molar-refractivity contribution in [1.82, 2.24) is 16.2 Å². The van der Waals surface area contributed by atoms with E-state index in [2.05, 4.69) is 64.0 Å². The van der Waals surface area contributed by atoms with Gasteiger partial charge < -0.3 is 9.47 Å². The summed E-state index contributed by atoms with van der Waals surface area (Å²) in [6.07, 6.45) is 0. The predicted octanol–water partition coefficient (Wildman–Crippen LogP) is 3.45. The summed E-state index contributed by atoms with van der Waals surface area (Å²) in [5, 5.41) is 2.32. The van der Waals surface area contributed by atoms with Crippen molar-refractivity contribution in [3.8, 4) is 11.5 Å². The Balaban J connectivity index is 1.66. The maximum absolute atomic E-state index is 11.9. The zero-order valence-electron chi connectivity index (χ0n) is 14.1. The molecule has 148 valence electrons. The molecular weight excluding hydrogens is 582 g/mol.